The van der Waals surface area contributed by atoms with Crippen molar-refractivity contribution >= 4 is 31.9 Å². The number of rotatable bonds is 4. The number of esters is 1. The normalized spacial score (nSPS) is 11.8. The lowest BCUT2D eigenvalue weighted by Gasteiger charge is -2.11. The number of hydrogen-bond acceptors (Lipinski definition) is 4. The summed E-state index contributed by atoms with van der Waals surface area (Å²) in [4.78, 5) is 10.6. The summed E-state index contributed by atoms with van der Waals surface area (Å²) in [7, 11) is -4.46. The van der Waals surface area contributed by atoms with Crippen LogP contribution in [0.1, 0.15) is 24.2 Å². The van der Waals surface area contributed by atoms with Crippen LogP contribution in [0, 0.1) is 17.6 Å². The van der Waals surface area contributed by atoms with Gasteiger partial charge < -0.3 is 4.74 Å². The summed E-state index contributed by atoms with van der Waals surface area (Å²) in [6, 6.07) is 0.648. The van der Waals surface area contributed by atoms with E-state index in [1.54, 1.807) is 13.8 Å². The minimum atomic E-state index is -4.46. The maximum Gasteiger partial charge on any atom is 0.344 e. The van der Waals surface area contributed by atoms with E-state index in [9.17, 15) is 22.0 Å². The molecule has 0 saturated heterocycles. The standard InChI is InChI=1S/C11H12BrF2NO4S/c1-5(2)4-19-11(16)8-7(13)3-6(12)10(9(8)14)20(15,17)18/h3,5H,4H2,1-2H3,(H2,15,17,18). The third-order valence-corrected chi connectivity index (χ3v) is 4.02. The highest BCUT2D eigenvalue weighted by molar-refractivity contribution is 9.10. The Bertz CT molecular complexity index is 646. The van der Waals surface area contributed by atoms with Crippen LogP contribution in [0.4, 0.5) is 8.78 Å². The Morgan fingerprint density at radius 2 is 2.00 bits per heavy atom. The molecule has 0 aliphatic rings. The average molecular weight is 372 g/mol. The molecule has 1 aromatic rings. The smallest absolute Gasteiger partial charge is 0.344 e. The van der Waals surface area contributed by atoms with E-state index in [4.69, 9.17) is 5.14 Å². The molecule has 9 heteroatoms. The Labute approximate surface area is 123 Å². The van der Waals surface area contributed by atoms with Crippen LogP contribution in [0.15, 0.2) is 15.4 Å². The Hall–Kier alpha value is -1.06. The van der Waals surface area contributed by atoms with Gasteiger partial charge in [0.1, 0.15) is 16.3 Å². The number of hydrogen-bond donors (Lipinski definition) is 1. The summed E-state index contributed by atoms with van der Waals surface area (Å²) in [5, 5.41) is 4.83. The summed E-state index contributed by atoms with van der Waals surface area (Å²) in [5.74, 6) is -4.15. The molecule has 112 valence electrons. The molecule has 1 aromatic carbocycles. The van der Waals surface area contributed by atoms with Crippen LogP contribution in [-0.2, 0) is 14.8 Å². The number of carbonyl (C=O) groups excluding carboxylic acids is 1. The van der Waals surface area contributed by atoms with E-state index in [0.717, 1.165) is 0 Å². The van der Waals surface area contributed by atoms with Crippen molar-refractivity contribution in [2.75, 3.05) is 6.61 Å². The first-order valence-electron chi connectivity index (χ1n) is 5.43. The molecule has 0 amide bonds. The SMILES string of the molecule is CC(C)COC(=O)c1c(F)cc(Br)c(S(N)(=O)=O)c1F. The number of ether oxygens (including phenoxy) is 1. The molecule has 0 spiro atoms. The fourth-order valence-electron chi connectivity index (χ4n) is 1.33. The Balaban J connectivity index is 3.38. The number of sulfonamides is 1. The van der Waals surface area contributed by atoms with Gasteiger partial charge in [0.25, 0.3) is 0 Å². The van der Waals surface area contributed by atoms with E-state index in [1.807, 2.05) is 0 Å². The van der Waals surface area contributed by atoms with Gasteiger partial charge in [-0.2, -0.15) is 0 Å². The van der Waals surface area contributed by atoms with Gasteiger partial charge in [-0.15, -0.1) is 0 Å². The number of benzene rings is 1. The number of halogens is 3. The van der Waals surface area contributed by atoms with Crippen LogP contribution in [0.5, 0.6) is 0 Å². The second kappa shape index (κ2) is 6.15. The van der Waals surface area contributed by atoms with Gasteiger partial charge in [-0.25, -0.2) is 27.1 Å². The monoisotopic (exact) mass is 371 g/mol. The van der Waals surface area contributed by atoms with E-state index < -0.39 is 42.6 Å². The molecule has 0 aliphatic heterocycles. The van der Waals surface area contributed by atoms with Crippen LogP contribution >= 0.6 is 15.9 Å². The lowest BCUT2D eigenvalue weighted by atomic mass is 10.2. The molecule has 5 nitrogen and oxygen atoms in total. The highest BCUT2D eigenvalue weighted by Crippen LogP contribution is 2.29. The van der Waals surface area contributed by atoms with Gasteiger partial charge in [-0.3, -0.25) is 0 Å². The zero-order valence-corrected chi connectivity index (χ0v) is 13.0. The average Bonchev–Trinajstić information content (AvgIpc) is 2.23. The first-order chi connectivity index (χ1) is 9.05. The molecule has 0 unspecified atom stereocenters. The summed E-state index contributed by atoms with van der Waals surface area (Å²) in [6.07, 6.45) is 0. The maximum atomic E-state index is 14.0. The minimum absolute atomic E-state index is 0.0433. The van der Waals surface area contributed by atoms with Crippen LogP contribution in [-0.4, -0.2) is 21.0 Å². The van der Waals surface area contributed by atoms with Crippen LogP contribution in [0.2, 0.25) is 0 Å². The van der Waals surface area contributed by atoms with Crippen LogP contribution < -0.4 is 5.14 Å². The molecule has 2 N–H and O–H groups in total. The van der Waals surface area contributed by atoms with Crippen molar-refractivity contribution in [2.24, 2.45) is 11.1 Å². The van der Waals surface area contributed by atoms with Gasteiger partial charge in [0, 0.05) is 4.47 Å². The molecule has 0 aliphatic carbocycles. The predicted octanol–water partition coefficient (Wildman–Crippen LogP) is 2.19. The van der Waals surface area contributed by atoms with Crippen molar-refractivity contribution in [1.29, 1.82) is 0 Å². The Morgan fingerprint density at radius 3 is 2.45 bits per heavy atom. The fraction of sp³-hybridized carbons (Fsp3) is 0.364. The van der Waals surface area contributed by atoms with Crippen LogP contribution in [0.3, 0.4) is 0 Å². The van der Waals surface area contributed by atoms with E-state index in [1.165, 1.54) is 0 Å². The summed E-state index contributed by atoms with van der Waals surface area (Å²) < 4.78 is 54.5. The Morgan fingerprint density at radius 1 is 1.45 bits per heavy atom. The van der Waals surface area contributed by atoms with Crippen molar-refractivity contribution in [3.8, 4) is 0 Å². The van der Waals surface area contributed by atoms with Crippen molar-refractivity contribution in [3.05, 3.63) is 27.7 Å². The summed E-state index contributed by atoms with van der Waals surface area (Å²) in [6.45, 7) is 3.41. The molecule has 1 rings (SSSR count). The van der Waals surface area contributed by atoms with Crippen LogP contribution in [0.25, 0.3) is 0 Å². The molecule has 0 saturated carbocycles. The minimum Gasteiger partial charge on any atom is -0.462 e. The molecular formula is C11H12BrF2NO4S. The molecule has 0 fully saturated rings. The quantitative estimate of drug-likeness (QED) is 0.821. The molecule has 20 heavy (non-hydrogen) atoms. The van der Waals surface area contributed by atoms with Gasteiger partial charge in [0.15, 0.2) is 5.82 Å². The van der Waals surface area contributed by atoms with Crippen molar-refractivity contribution < 1.29 is 26.7 Å². The lowest BCUT2D eigenvalue weighted by molar-refractivity contribution is 0.0447. The third kappa shape index (κ3) is 3.74. The van der Waals surface area contributed by atoms with Crippen molar-refractivity contribution in [3.63, 3.8) is 0 Å². The molecule has 0 bridgehead atoms. The zero-order valence-electron chi connectivity index (χ0n) is 10.6. The predicted molar refractivity (Wildman–Crippen MR) is 70.6 cm³/mol. The first-order valence-corrected chi connectivity index (χ1v) is 7.77. The van der Waals surface area contributed by atoms with Gasteiger partial charge in [-0.1, -0.05) is 13.8 Å². The molecule has 0 aromatic heterocycles. The maximum absolute atomic E-state index is 14.0. The van der Waals surface area contributed by atoms with Gasteiger partial charge in [0.05, 0.1) is 6.61 Å². The zero-order chi connectivity index (χ0) is 15.7. The van der Waals surface area contributed by atoms with Gasteiger partial charge in [0.2, 0.25) is 10.0 Å². The van der Waals surface area contributed by atoms with Gasteiger partial charge in [-0.05, 0) is 27.9 Å². The topological polar surface area (TPSA) is 86.5 Å². The fourth-order valence-corrected chi connectivity index (χ4v) is 3.07. The second-order valence-corrected chi connectivity index (χ2v) is 6.75. The second-order valence-electron chi connectivity index (χ2n) is 4.40. The number of primary sulfonamides is 1. The number of nitrogens with two attached hydrogens (primary N) is 1. The Kier molecular flexibility index (Phi) is 5.22. The molecular weight excluding hydrogens is 360 g/mol. The largest absolute Gasteiger partial charge is 0.462 e. The van der Waals surface area contributed by atoms with E-state index in [2.05, 4.69) is 20.7 Å². The summed E-state index contributed by atoms with van der Waals surface area (Å²) >= 11 is 2.69. The van der Waals surface area contributed by atoms with E-state index in [-0.39, 0.29) is 12.5 Å². The number of carbonyl (C=O) groups is 1. The van der Waals surface area contributed by atoms with Crippen molar-refractivity contribution in [1.82, 2.24) is 0 Å². The first kappa shape index (κ1) is 17.0. The molecule has 0 heterocycles. The third-order valence-electron chi connectivity index (χ3n) is 2.16. The van der Waals surface area contributed by atoms with E-state index >= 15 is 0 Å². The highest BCUT2D eigenvalue weighted by atomic mass is 79.9. The molecule has 0 radical (unpaired) electrons. The van der Waals surface area contributed by atoms with E-state index in [0.29, 0.717) is 6.07 Å². The molecule has 0 atom stereocenters. The summed E-state index contributed by atoms with van der Waals surface area (Å²) in [5.41, 5.74) is -1.09. The lowest BCUT2D eigenvalue weighted by Crippen LogP contribution is -2.20. The van der Waals surface area contributed by atoms with Crippen molar-refractivity contribution in [2.45, 2.75) is 18.7 Å². The van der Waals surface area contributed by atoms with Gasteiger partial charge >= 0.3 is 5.97 Å². The highest BCUT2D eigenvalue weighted by Gasteiger charge is 2.29.